The Morgan fingerprint density at radius 2 is 2.11 bits per heavy atom. The second kappa shape index (κ2) is 5.19. The van der Waals surface area contributed by atoms with Crippen molar-refractivity contribution < 1.29 is 22.8 Å². The van der Waals surface area contributed by atoms with E-state index in [1.165, 1.54) is 0 Å². The van der Waals surface area contributed by atoms with Crippen molar-refractivity contribution in [3.05, 3.63) is 27.9 Å². The maximum absolute atomic E-state index is 12.4. The van der Waals surface area contributed by atoms with Gasteiger partial charge in [-0.2, -0.15) is 13.2 Å². The molecular weight excluding hydrogens is 253 g/mol. The number of rotatable bonds is 4. The summed E-state index contributed by atoms with van der Waals surface area (Å²) in [6, 6.07) is 0.419. The summed E-state index contributed by atoms with van der Waals surface area (Å²) < 4.78 is 42.1. The molecule has 18 heavy (non-hydrogen) atoms. The zero-order chi connectivity index (χ0) is 13.9. The van der Waals surface area contributed by atoms with Crippen LogP contribution >= 0.6 is 0 Å². The van der Waals surface area contributed by atoms with Crippen molar-refractivity contribution in [3.8, 4) is 5.88 Å². The summed E-state index contributed by atoms with van der Waals surface area (Å²) in [6.45, 7) is 3.74. The third-order valence-electron chi connectivity index (χ3n) is 1.91. The van der Waals surface area contributed by atoms with Gasteiger partial charge in [-0.05, 0) is 5.92 Å². The maximum atomic E-state index is 12.4. The highest BCUT2D eigenvalue weighted by Crippen LogP contribution is 2.34. The zero-order valence-corrected chi connectivity index (χ0v) is 9.69. The number of nitrogens with zero attached hydrogens (tertiary/aromatic N) is 2. The normalized spacial score (nSPS) is 11.7. The highest BCUT2D eigenvalue weighted by molar-refractivity contribution is 5.43. The van der Waals surface area contributed by atoms with E-state index >= 15 is 0 Å². The molecule has 1 rings (SSSR count). The Kier molecular flexibility index (Phi) is 4.10. The topological polar surface area (TPSA) is 65.3 Å². The standard InChI is InChI=1S/C10H11F3N2O3/c1-6(2)5-18-9-8(15(16)17)3-7(4-14-9)10(11,12)13/h3-4,6H,5H2,1-2H3. The summed E-state index contributed by atoms with van der Waals surface area (Å²) in [7, 11) is 0. The van der Waals surface area contributed by atoms with Crippen LogP contribution in [0.25, 0.3) is 0 Å². The van der Waals surface area contributed by atoms with Gasteiger partial charge in [-0.1, -0.05) is 13.8 Å². The molecule has 0 aromatic carbocycles. The average molecular weight is 264 g/mol. The van der Waals surface area contributed by atoms with E-state index in [-0.39, 0.29) is 12.5 Å². The van der Waals surface area contributed by atoms with E-state index < -0.39 is 28.2 Å². The van der Waals surface area contributed by atoms with E-state index in [9.17, 15) is 23.3 Å². The lowest BCUT2D eigenvalue weighted by Crippen LogP contribution is -2.10. The highest BCUT2D eigenvalue weighted by Gasteiger charge is 2.34. The van der Waals surface area contributed by atoms with Gasteiger partial charge >= 0.3 is 11.9 Å². The molecule has 0 saturated heterocycles. The van der Waals surface area contributed by atoms with E-state index in [0.717, 1.165) is 0 Å². The monoisotopic (exact) mass is 264 g/mol. The molecule has 0 radical (unpaired) electrons. The Balaban J connectivity index is 3.09. The van der Waals surface area contributed by atoms with Crippen LogP contribution in [0.5, 0.6) is 5.88 Å². The molecule has 0 bridgehead atoms. The molecule has 0 fully saturated rings. The fourth-order valence-corrected chi connectivity index (χ4v) is 1.08. The molecule has 0 amide bonds. The molecule has 0 spiro atoms. The highest BCUT2D eigenvalue weighted by atomic mass is 19.4. The SMILES string of the molecule is CC(C)COc1ncc(C(F)(F)F)cc1[N+](=O)[O-]. The lowest BCUT2D eigenvalue weighted by molar-refractivity contribution is -0.386. The third-order valence-corrected chi connectivity index (χ3v) is 1.91. The van der Waals surface area contributed by atoms with Crippen molar-refractivity contribution in [3.63, 3.8) is 0 Å². The molecule has 0 aliphatic heterocycles. The average Bonchev–Trinajstić information content (AvgIpc) is 2.24. The van der Waals surface area contributed by atoms with Gasteiger partial charge in [-0.25, -0.2) is 4.98 Å². The minimum atomic E-state index is -4.67. The molecule has 100 valence electrons. The van der Waals surface area contributed by atoms with Crippen molar-refractivity contribution in [1.82, 2.24) is 4.98 Å². The van der Waals surface area contributed by atoms with Gasteiger partial charge in [0.1, 0.15) is 0 Å². The molecule has 1 aromatic rings. The van der Waals surface area contributed by atoms with Crippen molar-refractivity contribution in [2.45, 2.75) is 20.0 Å². The van der Waals surface area contributed by atoms with Crippen LogP contribution in [0.2, 0.25) is 0 Å². The molecule has 1 heterocycles. The zero-order valence-electron chi connectivity index (χ0n) is 9.69. The maximum Gasteiger partial charge on any atom is 0.418 e. The van der Waals surface area contributed by atoms with Crippen molar-refractivity contribution in [2.75, 3.05) is 6.61 Å². The van der Waals surface area contributed by atoms with Crippen molar-refractivity contribution in [1.29, 1.82) is 0 Å². The molecule has 0 aliphatic rings. The number of ether oxygens (including phenoxy) is 1. The van der Waals surface area contributed by atoms with Crippen LogP contribution in [-0.4, -0.2) is 16.5 Å². The van der Waals surface area contributed by atoms with Crippen LogP contribution in [0.4, 0.5) is 18.9 Å². The molecule has 5 nitrogen and oxygen atoms in total. The molecule has 0 N–H and O–H groups in total. The van der Waals surface area contributed by atoms with Gasteiger partial charge in [0.15, 0.2) is 0 Å². The van der Waals surface area contributed by atoms with E-state index in [2.05, 4.69) is 4.98 Å². The Morgan fingerprint density at radius 1 is 1.50 bits per heavy atom. The van der Waals surface area contributed by atoms with Gasteiger partial charge in [-0.15, -0.1) is 0 Å². The summed E-state index contributed by atoms with van der Waals surface area (Å²) in [5, 5.41) is 10.7. The van der Waals surface area contributed by atoms with Gasteiger partial charge in [0.05, 0.1) is 17.1 Å². The van der Waals surface area contributed by atoms with E-state index in [4.69, 9.17) is 4.74 Å². The number of halogens is 3. The first-order valence-electron chi connectivity index (χ1n) is 5.06. The predicted octanol–water partition coefficient (Wildman–Crippen LogP) is 3.04. The van der Waals surface area contributed by atoms with E-state index in [0.29, 0.717) is 12.3 Å². The molecule has 1 aromatic heterocycles. The minimum Gasteiger partial charge on any atom is -0.473 e. The smallest absolute Gasteiger partial charge is 0.418 e. The van der Waals surface area contributed by atoms with Gasteiger partial charge in [0.25, 0.3) is 5.88 Å². The lowest BCUT2D eigenvalue weighted by atomic mass is 10.2. The molecule has 0 aliphatic carbocycles. The summed E-state index contributed by atoms with van der Waals surface area (Å²) in [5.41, 5.74) is -1.96. The first-order chi connectivity index (χ1) is 8.21. The largest absolute Gasteiger partial charge is 0.473 e. The molecule has 0 saturated carbocycles. The Hall–Kier alpha value is -1.86. The Labute approximate surface area is 101 Å². The van der Waals surface area contributed by atoms with Crippen LogP contribution in [-0.2, 0) is 6.18 Å². The molecule has 8 heteroatoms. The first kappa shape index (κ1) is 14.2. The van der Waals surface area contributed by atoms with Crippen LogP contribution < -0.4 is 4.74 Å². The van der Waals surface area contributed by atoms with Gasteiger partial charge in [0.2, 0.25) is 0 Å². The number of nitro groups is 1. The van der Waals surface area contributed by atoms with Gasteiger partial charge in [-0.3, -0.25) is 10.1 Å². The van der Waals surface area contributed by atoms with Crippen LogP contribution in [0.1, 0.15) is 19.4 Å². The molecule has 0 atom stereocenters. The van der Waals surface area contributed by atoms with E-state index in [1.54, 1.807) is 13.8 Å². The summed E-state index contributed by atoms with van der Waals surface area (Å²) in [5.74, 6) is -0.324. The number of pyridine rings is 1. The van der Waals surface area contributed by atoms with Gasteiger partial charge < -0.3 is 4.74 Å². The molecular formula is C10H11F3N2O3. The van der Waals surface area contributed by atoms with E-state index in [1.807, 2.05) is 0 Å². The second-order valence-electron chi connectivity index (χ2n) is 4.01. The number of alkyl halides is 3. The third kappa shape index (κ3) is 3.57. The Morgan fingerprint density at radius 3 is 2.56 bits per heavy atom. The first-order valence-corrected chi connectivity index (χ1v) is 5.06. The van der Waals surface area contributed by atoms with Crippen LogP contribution in [0.15, 0.2) is 12.3 Å². The number of hydrogen-bond donors (Lipinski definition) is 0. The van der Waals surface area contributed by atoms with Crippen LogP contribution in [0, 0.1) is 16.0 Å². The summed E-state index contributed by atoms with van der Waals surface area (Å²) in [4.78, 5) is 13.1. The minimum absolute atomic E-state index is 0.0775. The summed E-state index contributed by atoms with van der Waals surface area (Å²) in [6.07, 6.45) is -4.16. The number of hydrogen-bond acceptors (Lipinski definition) is 4. The van der Waals surface area contributed by atoms with Gasteiger partial charge in [0, 0.05) is 12.3 Å². The van der Waals surface area contributed by atoms with Crippen molar-refractivity contribution in [2.24, 2.45) is 5.92 Å². The van der Waals surface area contributed by atoms with Crippen LogP contribution in [0.3, 0.4) is 0 Å². The summed E-state index contributed by atoms with van der Waals surface area (Å²) >= 11 is 0. The second-order valence-corrected chi connectivity index (χ2v) is 4.01. The fourth-order valence-electron chi connectivity index (χ4n) is 1.08. The fraction of sp³-hybridized carbons (Fsp3) is 0.500. The quantitative estimate of drug-likeness (QED) is 0.619. The number of aromatic nitrogens is 1. The predicted molar refractivity (Wildman–Crippen MR) is 56.2 cm³/mol. The Bertz CT molecular complexity index is 446. The molecule has 0 unspecified atom stereocenters. The van der Waals surface area contributed by atoms with Crippen molar-refractivity contribution >= 4 is 5.69 Å². The lowest BCUT2D eigenvalue weighted by Gasteiger charge is -2.10.